The van der Waals surface area contributed by atoms with E-state index >= 15 is 0 Å². The largest absolute Gasteiger partial charge is 0.384 e. The first kappa shape index (κ1) is 24.8. The Balaban J connectivity index is 0.00000106. The Morgan fingerprint density at radius 1 is 1.17 bits per heavy atom. The molecule has 0 saturated carbocycles. The number of nitrogens with two attached hydrogens (primary N) is 2. The maximum atomic E-state index is 13.4. The van der Waals surface area contributed by atoms with Gasteiger partial charge in [-0.3, -0.25) is 4.40 Å². The summed E-state index contributed by atoms with van der Waals surface area (Å²) in [6, 6.07) is 10.0. The van der Waals surface area contributed by atoms with E-state index in [4.69, 9.17) is 16.5 Å². The van der Waals surface area contributed by atoms with Gasteiger partial charge in [0, 0.05) is 18.3 Å². The predicted octanol–water partition coefficient (Wildman–Crippen LogP) is 5.45. The molecule has 0 atom stereocenters. The third kappa shape index (κ3) is 5.87. The number of nitrogens with zero attached hydrogens (tertiary/aromatic N) is 3. The van der Waals surface area contributed by atoms with Crippen molar-refractivity contribution in [3.63, 3.8) is 0 Å². The zero-order valence-electron chi connectivity index (χ0n) is 18.5. The SMILES string of the molecule is C=C(N)/N=C(\C=C/C)c1c(-c2ccc(F)cc2)nc2cc(CN)ccn12.CC.CC. The van der Waals surface area contributed by atoms with Gasteiger partial charge in [0.25, 0.3) is 0 Å². The molecule has 3 aromatic rings. The minimum absolute atomic E-state index is 0.191. The Morgan fingerprint density at radius 2 is 1.80 bits per heavy atom. The summed E-state index contributed by atoms with van der Waals surface area (Å²) >= 11 is 0. The van der Waals surface area contributed by atoms with Crippen molar-refractivity contribution in [2.75, 3.05) is 0 Å². The maximum absolute atomic E-state index is 13.4. The highest BCUT2D eigenvalue weighted by molar-refractivity contribution is 6.12. The van der Waals surface area contributed by atoms with Gasteiger partial charge in [0.2, 0.25) is 0 Å². The lowest BCUT2D eigenvalue weighted by Gasteiger charge is -2.07. The zero-order chi connectivity index (χ0) is 22.7. The molecule has 0 bridgehead atoms. The molecule has 0 aliphatic heterocycles. The lowest BCUT2D eigenvalue weighted by Crippen LogP contribution is -2.07. The Hall–Kier alpha value is -3.25. The van der Waals surface area contributed by atoms with E-state index in [0.29, 0.717) is 18.0 Å². The van der Waals surface area contributed by atoms with E-state index in [9.17, 15) is 4.39 Å². The molecule has 0 saturated heterocycles. The van der Waals surface area contributed by atoms with Crippen molar-refractivity contribution < 1.29 is 4.39 Å². The lowest BCUT2D eigenvalue weighted by atomic mass is 10.1. The summed E-state index contributed by atoms with van der Waals surface area (Å²) in [7, 11) is 0. The number of benzene rings is 1. The van der Waals surface area contributed by atoms with Crippen LogP contribution in [0.15, 0.2) is 72.1 Å². The molecule has 0 amide bonds. The number of imidazole rings is 1. The monoisotopic (exact) mass is 409 g/mol. The normalized spacial score (nSPS) is 11.0. The standard InChI is InChI=1S/C20H20FN5.2C2H6/c1-3-4-17(24-13(2)23)20-19(15-5-7-16(21)8-6-15)25-18-11-14(12-22)9-10-26(18)20;2*1-2/h3-11H,2,12,22-23H2,1H3;2*1-2H3/b4-3-,24-17+;;. The van der Waals surface area contributed by atoms with Crippen LogP contribution in [0.25, 0.3) is 16.9 Å². The number of aromatic nitrogens is 2. The van der Waals surface area contributed by atoms with Crippen LogP contribution in [0.5, 0.6) is 0 Å². The first-order valence-corrected chi connectivity index (χ1v) is 10.2. The van der Waals surface area contributed by atoms with Crippen LogP contribution >= 0.6 is 0 Å². The van der Waals surface area contributed by atoms with E-state index in [1.54, 1.807) is 12.1 Å². The number of hydrogen-bond donors (Lipinski definition) is 2. The van der Waals surface area contributed by atoms with Gasteiger partial charge in [-0.2, -0.15) is 0 Å². The molecule has 2 heterocycles. The van der Waals surface area contributed by atoms with E-state index < -0.39 is 0 Å². The van der Waals surface area contributed by atoms with E-state index in [0.717, 1.165) is 22.5 Å². The molecule has 4 N–H and O–H groups in total. The van der Waals surface area contributed by atoms with Gasteiger partial charge in [-0.15, -0.1) is 0 Å². The fraction of sp³-hybridized carbons (Fsp3) is 0.250. The topological polar surface area (TPSA) is 81.7 Å². The second kappa shape index (κ2) is 12.3. The van der Waals surface area contributed by atoms with Crippen LogP contribution in [0.2, 0.25) is 0 Å². The van der Waals surface area contributed by atoms with Crippen LogP contribution < -0.4 is 11.5 Å². The summed E-state index contributed by atoms with van der Waals surface area (Å²) in [4.78, 5) is 9.09. The molecule has 0 aliphatic rings. The van der Waals surface area contributed by atoms with Crippen LogP contribution in [0, 0.1) is 5.82 Å². The summed E-state index contributed by atoms with van der Waals surface area (Å²) in [6.07, 6.45) is 5.60. The number of allylic oxidation sites excluding steroid dienone is 2. The smallest absolute Gasteiger partial charge is 0.138 e. The molecule has 1 aromatic carbocycles. The van der Waals surface area contributed by atoms with Crippen molar-refractivity contribution in [1.82, 2.24) is 9.38 Å². The van der Waals surface area contributed by atoms with Gasteiger partial charge in [0.05, 0.1) is 17.1 Å². The Bertz CT molecular complexity index is 1010. The number of rotatable bonds is 5. The van der Waals surface area contributed by atoms with Crippen molar-refractivity contribution in [3.05, 3.63) is 84.2 Å². The molecule has 0 unspecified atom stereocenters. The molecule has 0 fully saturated rings. The molecule has 6 heteroatoms. The van der Waals surface area contributed by atoms with E-state index in [1.807, 2.05) is 69.5 Å². The van der Waals surface area contributed by atoms with Crippen molar-refractivity contribution in [1.29, 1.82) is 0 Å². The lowest BCUT2D eigenvalue weighted by molar-refractivity contribution is 0.628. The summed E-state index contributed by atoms with van der Waals surface area (Å²) in [5.41, 5.74) is 16.0. The highest BCUT2D eigenvalue weighted by atomic mass is 19.1. The number of aliphatic imine (C=N–C) groups is 1. The second-order valence-electron chi connectivity index (χ2n) is 5.77. The molecule has 2 aromatic heterocycles. The highest BCUT2D eigenvalue weighted by Crippen LogP contribution is 2.26. The Labute approximate surface area is 178 Å². The molecule has 5 nitrogen and oxygen atoms in total. The summed E-state index contributed by atoms with van der Waals surface area (Å²) in [5.74, 6) is -0.112. The predicted molar refractivity (Wildman–Crippen MR) is 126 cm³/mol. The summed E-state index contributed by atoms with van der Waals surface area (Å²) in [6.45, 7) is 14.0. The van der Waals surface area contributed by atoms with Crippen LogP contribution in [-0.4, -0.2) is 15.1 Å². The summed E-state index contributed by atoms with van der Waals surface area (Å²) < 4.78 is 15.3. The molecule has 0 aliphatic carbocycles. The first-order valence-electron chi connectivity index (χ1n) is 10.2. The second-order valence-corrected chi connectivity index (χ2v) is 5.77. The van der Waals surface area contributed by atoms with Crippen LogP contribution in [0.3, 0.4) is 0 Å². The van der Waals surface area contributed by atoms with Gasteiger partial charge >= 0.3 is 0 Å². The minimum atomic E-state index is -0.304. The molecule has 3 rings (SSSR count). The quantitative estimate of drug-likeness (QED) is 0.550. The van der Waals surface area contributed by atoms with Gasteiger partial charge in [-0.25, -0.2) is 14.4 Å². The summed E-state index contributed by atoms with van der Waals surface area (Å²) in [5, 5.41) is 0. The maximum Gasteiger partial charge on any atom is 0.138 e. The molecule has 0 spiro atoms. The van der Waals surface area contributed by atoms with Gasteiger partial charge < -0.3 is 11.5 Å². The van der Waals surface area contributed by atoms with Crippen LogP contribution in [0.1, 0.15) is 45.9 Å². The van der Waals surface area contributed by atoms with Crippen LogP contribution in [-0.2, 0) is 6.54 Å². The van der Waals surface area contributed by atoms with Gasteiger partial charge in [0.1, 0.15) is 17.3 Å². The van der Waals surface area contributed by atoms with Gasteiger partial charge in [-0.1, -0.05) is 40.3 Å². The van der Waals surface area contributed by atoms with E-state index in [1.165, 1.54) is 12.1 Å². The van der Waals surface area contributed by atoms with Crippen LogP contribution in [0.4, 0.5) is 4.39 Å². The molecular weight excluding hydrogens is 377 g/mol. The molecule has 30 heavy (non-hydrogen) atoms. The third-order valence-corrected chi connectivity index (χ3v) is 3.88. The number of fused-ring (bicyclic) bond motifs is 1. The Morgan fingerprint density at radius 3 is 2.33 bits per heavy atom. The van der Waals surface area contributed by atoms with Crippen molar-refractivity contribution in [2.45, 2.75) is 41.2 Å². The fourth-order valence-corrected chi connectivity index (χ4v) is 2.75. The average Bonchev–Trinajstić information content (AvgIpc) is 3.15. The number of halogens is 1. The zero-order valence-corrected chi connectivity index (χ0v) is 18.5. The average molecular weight is 410 g/mol. The first-order chi connectivity index (χ1) is 14.5. The van der Waals surface area contributed by atoms with Crippen molar-refractivity contribution in [2.24, 2.45) is 16.5 Å². The third-order valence-electron chi connectivity index (χ3n) is 3.88. The van der Waals surface area contributed by atoms with Gasteiger partial charge in [0.15, 0.2) is 0 Å². The highest BCUT2D eigenvalue weighted by Gasteiger charge is 2.18. The Kier molecular flexibility index (Phi) is 10.2. The number of hydrogen-bond acceptors (Lipinski definition) is 4. The molecule has 0 radical (unpaired) electrons. The fourth-order valence-electron chi connectivity index (χ4n) is 2.75. The van der Waals surface area contributed by atoms with E-state index in [-0.39, 0.29) is 11.6 Å². The van der Waals surface area contributed by atoms with E-state index in [2.05, 4.69) is 11.6 Å². The molecule has 160 valence electrons. The van der Waals surface area contributed by atoms with Gasteiger partial charge in [-0.05, 0) is 55.0 Å². The van der Waals surface area contributed by atoms with Crippen molar-refractivity contribution in [3.8, 4) is 11.3 Å². The minimum Gasteiger partial charge on any atom is -0.384 e. The number of pyridine rings is 1. The molecular formula is C24H32FN5. The van der Waals surface area contributed by atoms with Crippen molar-refractivity contribution >= 4 is 11.4 Å².